The Kier molecular flexibility index (Phi) is 9.68. The van der Waals surface area contributed by atoms with Crippen LogP contribution in [-0.4, -0.2) is 62.5 Å². The Morgan fingerprint density at radius 2 is 1.88 bits per heavy atom. The lowest BCUT2D eigenvalue weighted by Crippen LogP contribution is -2.44. The summed E-state index contributed by atoms with van der Waals surface area (Å²) in [5.41, 5.74) is 4.46. The largest absolute Gasteiger partial charge is 0.493 e. The zero-order chi connectivity index (χ0) is 25.3. The maximum Gasteiger partial charge on any atom is 0.342 e. The zero-order valence-electron chi connectivity index (χ0n) is 19.7. The summed E-state index contributed by atoms with van der Waals surface area (Å²) in [7, 11) is 4.22. The summed E-state index contributed by atoms with van der Waals surface area (Å²) in [5.74, 6) is -1.25. The number of anilines is 2. The molecule has 3 N–H and O–H groups in total. The number of nitrogens with two attached hydrogens (primary N) is 1. The first-order valence-electron chi connectivity index (χ1n) is 10.6. The molecule has 0 aliphatic heterocycles. The number of unbranched alkanes of at least 4 members (excludes halogenated alkanes) is 1. The number of hydrogen-bond donors (Lipinski definition) is 2. The number of ether oxygens (including phenoxy) is 4. The highest BCUT2D eigenvalue weighted by Gasteiger charge is 2.26. The molecule has 12 nitrogen and oxygen atoms in total. The first-order valence-corrected chi connectivity index (χ1v) is 10.6. The number of benzene rings is 1. The molecule has 0 radical (unpaired) electrons. The molecule has 0 aliphatic rings. The van der Waals surface area contributed by atoms with E-state index < -0.39 is 29.7 Å². The van der Waals surface area contributed by atoms with Gasteiger partial charge in [-0.05, 0) is 18.6 Å². The fraction of sp³-hybridized carbons (Fsp3) is 0.455. The summed E-state index contributed by atoms with van der Waals surface area (Å²) in [4.78, 5) is 53.7. The molecule has 0 saturated heterocycles. The van der Waals surface area contributed by atoms with Gasteiger partial charge in [0.15, 0.2) is 23.8 Å². The Morgan fingerprint density at radius 1 is 1.15 bits per heavy atom. The van der Waals surface area contributed by atoms with Gasteiger partial charge < -0.3 is 24.7 Å². The molecule has 34 heavy (non-hydrogen) atoms. The monoisotopic (exact) mass is 478 g/mol. The highest BCUT2D eigenvalue weighted by Crippen LogP contribution is 2.31. The second kappa shape index (κ2) is 12.4. The molecule has 0 bridgehead atoms. The fourth-order valence-electron chi connectivity index (χ4n) is 3.25. The smallest absolute Gasteiger partial charge is 0.342 e. The van der Waals surface area contributed by atoms with E-state index in [1.807, 2.05) is 6.92 Å². The molecule has 0 saturated carbocycles. The number of para-hydroxylation sites is 1. The van der Waals surface area contributed by atoms with E-state index in [1.54, 1.807) is 12.1 Å². The third kappa shape index (κ3) is 5.95. The van der Waals surface area contributed by atoms with Gasteiger partial charge in [-0.25, -0.2) is 9.59 Å². The van der Waals surface area contributed by atoms with Crippen LogP contribution in [-0.2, 0) is 20.8 Å². The summed E-state index contributed by atoms with van der Waals surface area (Å²) in [6.07, 6.45) is 1.43. The molecule has 0 aliphatic carbocycles. The summed E-state index contributed by atoms with van der Waals surface area (Å²) < 4.78 is 21.8. The number of methoxy groups -OCH3 is 3. The minimum absolute atomic E-state index is 0.0589. The van der Waals surface area contributed by atoms with Crippen LogP contribution in [0.25, 0.3) is 0 Å². The number of nitrogen functional groups attached to an aromatic ring is 1. The Morgan fingerprint density at radius 3 is 2.50 bits per heavy atom. The molecule has 12 heteroatoms. The third-order valence-electron chi connectivity index (χ3n) is 4.99. The number of nitrogens with zero attached hydrogens (tertiary/aromatic N) is 2. The molecule has 2 rings (SSSR count). The first-order chi connectivity index (χ1) is 16.3. The maximum absolute atomic E-state index is 13.0. The van der Waals surface area contributed by atoms with Crippen LogP contribution in [0.3, 0.4) is 0 Å². The van der Waals surface area contributed by atoms with Crippen molar-refractivity contribution in [3.05, 3.63) is 44.6 Å². The number of aromatic amines is 1. The van der Waals surface area contributed by atoms with Crippen molar-refractivity contribution in [3.8, 4) is 11.5 Å². The topological polar surface area (TPSA) is 155 Å². The number of amides is 1. The van der Waals surface area contributed by atoms with Crippen LogP contribution in [0.15, 0.2) is 27.8 Å². The molecule has 186 valence electrons. The van der Waals surface area contributed by atoms with Gasteiger partial charge >= 0.3 is 11.7 Å². The average molecular weight is 479 g/mol. The van der Waals surface area contributed by atoms with Gasteiger partial charge in [-0.2, -0.15) is 0 Å². The molecule has 0 atom stereocenters. The van der Waals surface area contributed by atoms with Gasteiger partial charge in [-0.1, -0.05) is 19.4 Å². The molecular formula is C22H30N4O8. The van der Waals surface area contributed by atoms with E-state index in [0.717, 1.165) is 11.3 Å². The Hall–Kier alpha value is -3.80. The van der Waals surface area contributed by atoms with Crippen LogP contribution in [0, 0.1) is 0 Å². The van der Waals surface area contributed by atoms with Crippen LogP contribution >= 0.6 is 0 Å². The van der Waals surface area contributed by atoms with E-state index in [4.69, 9.17) is 24.7 Å². The lowest BCUT2D eigenvalue weighted by Gasteiger charge is -2.24. The fourth-order valence-corrected chi connectivity index (χ4v) is 3.25. The van der Waals surface area contributed by atoms with E-state index >= 15 is 0 Å². The first kappa shape index (κ1) is 26.5. The summed E-state index contributed by atoms with van der Waals surface area (Å²) in [6, 6.07) is 4.64. The van der Waals surface area contributed by atoms with Crippen molar-refractivity contribution in [2.45, 2.75) is 26.3 Å². The molecule has 1 aromatic heterocycles. The summed E-state index contributed by atoms with van der Waals surface area (Å²) in [6.45, 7) is 1.51. The Bertz CT molecular complexity index is 1120. The third-order valence-corrected chi connectivity index (χ3v) is 4.99. The van der Waals surface area contributed by atoms with Crippen LogP contribution < -0.4 is 31.4 Å². The van der Waals surface area contributed by atoms with Crippen LogP contribution in [0.5, 0.6) is 11.5 Å². The highest BCUT2D eigenvalue weighted by atomic mass is 16.5. The van der Waals surface area contributed by atoms with Gasteiger partial charge in [0, 0.05) is 20.2 Å². The lowest BCUT2D eigenvalue weighted by molar-refractivity contribution is -0.121. The number of nitrogens with one attached hydrogen (secondary N) is 1. The minimum atomic E-state index is -0.833. The average Bonchev–Trinajstić information content (AvgIpc) is 2.83. The van der Waals surface area contributed by atoms with Gasteiger partial charge in [0.2, 0.25) is 0 Å². The number of carbonyl (C=O) groups is 2. The van der Waals surface area contributed by atoms with Gasteiger partial charge in [-0.15, -0.1) is 0 Å². The maximum atomic E-state index is 13.0. The number of rotatable bonds is 12. The second-order valence-electron chi connectivity index (χ2n) is 7.15. The van der Waals surface area contributed by atoms with Crippen molar-refractivity contribution in [2.75, 3.05) is 51.7 Å². The Labute approximate surface area is 196 Å². The molecule has 0 spiro atoms. The SMILES string of the molecule is CCCCn1c(N)c(N(CCOC)C(=O)COC(=O)c2cccc(OC)c2OC)c(=O)[nH]c1=O. The molecule has 0 unspecified atom stereocenters. The van der Waals surface area contributed by atoms with Gasteiger partial charge in [-0.3, -0.25) is 24.0 Å². The second-order valence-corrected chi connectivity index (χ2v) is 7.15. The lowest BCUT2D eigenvalue weighted by atomic mass is 10.2. The van der Waals surface area contributed by atoms with Gasteiger partial charge in [0.25, 0.3) is 11.5 Å². The van der Waals surface area contributed by atoms with E-state index in [-0.39, 0.29) is 42.5 Å². The molecule has 1 amide bonds. The molecule has 1 heterocycles. The minimum Gasteiger partial charge on any atom is -0.493 e. The predicted molar refractivity (Wildman–Crippen MR) is 125 cm³/mol. The van der Waals surface area contributed by atoms with E-state index in [2.05, 4.69) is 4.98 Å². The molecular weight excluding hydrogens is 448 g/mol. The Balaban J connectivity index is 2.34. The number of esters is 1. The number of H-pyrrole nitrogens is 1. The number of hydrogen-bond acceptors (Lipinski definition) is 9. The number of carbonyl (C=O) groups excluding carboxylic acids is 2. The van der Waals surface area contributed by atoms with Crippen LogP contribution in [0.2, 0.25) is 0 Å². The standard InChI is InChI=1S/C22H30N4O8/c1-5-6-10-26-19(23)17(20(28)24-22(26)30)25(11-12-31-2)16(27)13-34-21(29)14-8-7-9-15(32-3)18(14)33-4/h7-9H,5-6,10-13,23H2,1-4H3,(H,24,28,30). The highest BCUT2D eigenvalue weighted by molar-refractivity contribution is 5.99. The van der Waals surface area contributed by atoms with Gasteiger partial charge in [0.1, 0.15) is 11.4 Å². The van der Waals surface area contributed by atoms with Crippen molar-refractivity contribution >= 4 is 23.4 Å². The van der Waals surface area contributed by atoms with E-state index in [9.17, 15) is 19.2 Å². The summed E-state index contributed by atoms with van der Waals surface area (Å²) >= 11 is 0. The van der Waals surface area contributed by atoms with Crippen molar-refractivity contribution in [1.29, 1.82) is 0 Å². The van der Waals surface area contributed by atoms with Crippen molar-refractivity contribution in [1.82, 2.24) is 9.55 Å². The van der Waals surface area contributed by atoms with E-state index in [0.29, 0.717) is 12.2 Å². The molecule has 1 aromatic carbocycles. The van der Waals surface area contributed by atoms with E-state index in [1.165, 1.54) is 32.0 Å². The van der Waals surface area contributed by atoms with Crippen molar-refractivity contribution < 1.29 is 28.5 Å². The predicted octanol–water partition coefficient (Wildman–Crippen LogP) is 0.773. The molecule has 0 fully saturated rings. The number of aromatic nitrogens is 2. The van der Waals surface area contributed by atoms with Crippen LogP contribution in [0.4, 0.5) is 11.5 Å². The molecule has 2 aromatic rings. The quantitative estimate of drug-likeness (QED) is 0.421. The van der Waals surface area contributed by atoms with Gasteiger partial charge in [0.05, 0.1) is 20.8 Å². The van der Waals surface area contributed by atoms with Crippen molar-refractivity contribution in [3.63, 3.8) is 0 Å². The zero-order valence-corrected chi connectivity index (χ0v) is 19.7. The normalized spacial score (nSPS) is 10.6. The van der Waals surface area contributed by atoms with Crippen molar-refractivity contribution in [2.24, 2.45) is 0 Å². The summed E-state index contributed by atoms with van der Waals surface area (Å²) in [5, 5.41) is 0. The van der Waals surface area contributed by atoms with Crippen LogP contribution in [0.1, 0.15) is 30.1 Å².